The van der Waals surface area contributed by atoms with Crippen molar-refractivity contribution in [2.45, 2.75) is 0 Å². The van der Waals surface area contributed by atoms with E-state index in [2.05, 4.69) is 168 Å². The summed E-state index contributed by atoms with van der Waals surface area (Å²) in [6.07, 6.45) is 0. The van der Waals surface area contributed by atoms with E-state index in [4.69, 9.17) is 9.40 Å². The van der Waals surface area contributed by atoms with E-state index in [1.807, 2.05) is 30.3 Å². The Hall–Kier alpha value is -6.97. The molecule has 8 aromatic carbocycles. The van der Waals surface area contributed by atoms with Gasteiger partial charge in [-0.25, -0.2) is 4.98 Å². The highest BCUT2D eigenvalue weighted by molar-refractivity contribution is 6.09. The smallest absolute Gasteiger partial charge is 0.227 e. The van der Waals surface area contributed by atoms with Crippen LogP contribution in [0.15, 0.2) is 199 Å². The standard InChI is InChI=1S/C49H32N2O/c1-2-13-33(14-3-1)40-21-12-24-47-48(40)50-49(52-47)36-27-25-34(26-28-36)38-15-4-6-17-41(38)42-18-7-5-16-39(42)35-29-31-37(32-30-35)51-45-22-10-8-19-43(45)44-20-9-11-23-46(44)51/h1-32H. The normalized spacial score (nSPS) is 11.5. The minimum Gasteiger partial charge on any atom is -0.436 e. The van der Waals surface area contributed by atoms with E-state index in [0.29, 0.717) is 5.89 Å². The van der Waals surface area contributed by atoms with E-state index in [0.717, 1.165) is 39.0 Å². The average molecular weight is 665 g/mol. The summed E-state index contributed by atoms with van der Waals surface area (Å²) in [7, 11) is 0. The minimum absolute atomic E-state index is 0.618. The number of rotatable bonds is 6. The molecule has 0 spiro atoms. The van der Waals surface area contributed by atoms with Crippen LogP contribution in [-0.4, -0.2) is 9.55 Å². The van der Waals surface area contributed by atoms with Crippen LogP contribution in [0.1, 0.15) is 0 Å². The number of hydrogen-bond donors (Lipinski definition) is 0. The topological polar surface area (TPSA) is 31.0 Å². The molecule has 0 amide bonds. The summed E-state index contributed by atoms with van der Waals surface area (Å²) in [6, 6.07) is 68.7. The van der Waals surface area contributed by atoms with Crippen molar-refractivity contribution in [3.05, 3.63) is 194 Å². The second-order valence-corrected chi connectivity index (χ2v) is 13.1. The molecular formula is C49H32N2O. The summed E-state index contributed by atoms with van der Waals surface area (Å²) in [5.41, 5.74) is 15.4. The summed E-state index contributed by atoms with van der Waals surface area (Å²) in [4.78, 5) is 4.96. The van der Waals surface area contributed by atoms with Gasteiger partial charge in [-0.2, -0.15) is 0 Å². The minimum atomic E-state index is 0.618. The first-order chi connectivity index (χ1) is 25.8. The maximum absolute atomic E-state index is 6.28. The Morgan fingerprint density at radius 1 is 0.346 bits per heavy atom. The fraction of sp³-hybridized carbons (Fsp3) is 0. The number of para-hydroxylation sites is 3. The third-order valence-electron chi connectivity index (χ3n) is 10.1. The van der Waals surface area contributed by atoms with E-state index < -0.39 is 0 Å². The number of aromatic nitrogens is 2. The molecule has 0 aliphatic carbocycles. The van der Waals surface area contributed by atoms with Gasteiger partial charge in [0.05, 0.1) is 11.0 Å². The average Bonchev–Trinajstić information content (AvgIpc) is 3.81. The van der Waals surface area contributed by atoms with Crippen LogP contribution in [0, 0.1) is 0 Å². The van der Waals surface area contributed by atoms with Crippen LogP contribution in [-0.2, 0) is 0 Å². The summed E-state index contributed by atoms with van der Waals surface area (Å²) in [5.74, 6) is 0.618. The van der Waals surface area contributed by atoms with Crippen molar-refractivity contribution in [1.29, 1.82) is 0 Å². The molecule has 0 saturated heterocycles. The molecule has 0 saturated carbocycles. The zero-order chi connectivity index (χ0) is 34.4. The lowest BCUT2D eigenvalue weighted by atomic mass is 9.89. The van der Waals surface area contributed by atoms with Gasteiger partial charge in [-0.1, -0.05) is 152 Å². The van der Waals surface area contributed by atoms with Crippen molar-refractivity contribution in [3.63, 3.8) is 0 Å². The van der Waals surface area contributed by atoms with Crippen molar-refractivity contribution >= 4 is 32.9 Å². The lowest BCUT2D eigenvalue weighted by Crippen LogP contribution is -1.94. The first-order valence-corrected chi connectivity index (χ1v) is 17.6. The molecule has 0 aliphatic rings. The number of hydrogen-bond acceptors (Lipinski definition) is 2. The SMILES string of the molecule is c1ccc(-c2cccc3oc(-c4ccc(-c5ccccc5-c5ccccc5-c5ccc(-n6c7ccccc7c7ccccc76)cc5)cc4)nc23)cc1. The van der Waals surface area contributed by atoms with Gasteiger partial charge < -0.3 is 8.98 Å². The molecule has 0 radical (unpaired) electrons. The molecule has 0 aliphatic heterocycles. The van der Waals surface area contributed by atoms with Gasteiger partial charge in [0.15, 0.2) is 5.58 Å². The fourth-order valence-electron chi connectivity index (χ4n) is 7.65. The molecule has 10 aromatic rings. The monoisotopic (exact) mass is 664 g/mol. The molecule has 3 nitrogen and oxygen atoms in total. The summed E-state index contributed by atoms with van der Waals surface area (Å²) in [5, 5.41) is 2.53. The van der Waals surface area contributed by atoms with Crippen LogP contribution < -0.4 is 0 Å². The summed E-state index contributed by atoms with van der Waals surface area (Å²) >= 11 is 0. The molecule has 0 atom stereocenters. The largest absolute Gasteiger partial charge is 0.436 e. The van der Waals surface area contributed by atoms with Crippen LogP contribution in [0.5, 0.6) is 0 Å². The Bertz CT molecular complexity index is 2830. The van der Waals surface area contributed by atoms with Gasteiger partial charge in [0, 0.05) is 27.6 Å². The summed E-state index contributed by atoms with van der Waals surface area (Å²) in [6.45, 7) is 0. The van der Waals surface area contributed by atoms with Gasteiger partial charge in [-0.15, -0.1) is 0 Å². The number of oxazole rings is 1. The third-order valence-corrected chi connectivity index (χ3v) is 10.1. The van der Waals surface area contributed by atoms with Gasteiger partial charge >= 0.3 is 0 Å². The second-order valence-electron chi connectivity index (χ2n) is 13.1. The van der Waals surface area contributed by atoms with Crippen LogP contribution in [0.4, 0.5) is 0 Å². The molecule has 0 fully saturated rings. The Morgan fingerprint density at radius 2 is 0.808 bits per heavy atom. The molecule has 0 N–H and O–H groups in total. The van der Waals surface area contributed by atoms with E-state index >= 15 is 0 Å². The summed E-state index contributed by atoms with van der Waals surface area (Å²) < 4.78 is 8.64. The van der Waals surface area contributed by atoms with Crippen molar-refractivity contribution in [2.24, 2.45) is 0 Å². The van der Waals surface area contributed by atoms with Gasteiger partial charge in [-0.05, 0) is 81.4 Å². The second kappa shape index (κ2) is 12.4. The maximum atomic E-state index is 6.28. The van der Waals surface area contributed by atoms with Crippen LogP contribution >= 0.6 is 0 Å². The number of fused-ring (bicyclic) bond motifs is 4. The van der Waals surface area contributed by atoms with Gasteiger partial charge in [0.2, 0.25) is 5.89 Å². The van der Waals surface area contributed by atoms with Gasteiger partial charge in [0.25, 0.3) is 0 Å². The van der Waals surface area contributed by atoms with Crippen molar-refractivity contribution in [3.8, 4) is 61.6 Å². The highest BCUT2D eigenvalue weighted by Gasteiger charge is 2.16. The number of nitrogens with zero attached hydrogens (tertiary/aromatic N) is 2. The third kappa shape index (κ3) is 5.02. The Labute approximate surface area is 301 Å². The quantitative estimate of drug-likeness (QED) is 0.177. The Morgan fingerprint density at radius 3 is 1.42 bits per heavy atom. The van der Waals surface area contributed by atoms with Gasteiger partial charge in [-0.3, -0.25) is 0 Å². The van der Waals surface area contributed by atoms with Crippen LogP contribution in [0.25, 0.3) is 94.6 Å². The van der Waals surface area contributed by atoms with Crippen molar-refractivity contribution < 1.29 is 4.42 Å². The molecular weight excluding hydrogens is 633 g/mol. The van der Waals surface area contributed by atoms with Crippen LogP contribution in [0.2, 0.25) is 0 Å². The molecule has 52 heavy (non-hydrogen) atoms. The molecule has 3 heteroatoms. The first-order valence-electron chi connectivity index (χ1n) is 17.6. The van der Waals surface area contributed by atoms with Gasteiger partial charge in [0.1, 0.15) is 5.52 Å². The molecule has 2 heterocycles. The zero-order valence-electron chi connectivity index (χ0n) is 28.3. The lowest BCUT2D eigenvalue weighted by Gasteiger charge is -2.15. The Kier molecular flexibility index (Phi) is 7.14. The highest BCUT2D eigenvalue weighted by atomic mass is 16.3. The van der Waals surface area contributed by atoms with E-state index in [9.17, 15) is 0 Å². The molecule has 244 valence electrons. The molecule has 2 aromatic heterocycles. The first kappa shape index (κ1) is 29.9. The van der Waals surface area contributed by atoms with Crippen molar-refractivity contribution in [1.82, 2.24) is 9.55 Å². The lowest BCUT2D eigenvalue weighted by molar-refractivity contribution is 0.620. The number of benzene rings is 8. The molecule has 10 rings (SSSR count). The fourth-order valence-corrected chi connectivity index (χ4v) is 7.65. The molecule has 0 unspecified atom stereocenters. The highest BCUT2D eigenvalue weighted by Crippen LogP contribution is 2.40. The molecule has 0 bridgehead atoms. The maximum Gasteiger partial charge on any atom is 0.227 e. The van der Waals surface area contributed by atoms with E-state index in [1.165, 1.54) is 49.6 Å². The van der Waals surface area contributed by atoms with E-state index in [-0.39, 0.29) is 0 Å². The van der Waals surface area contributed by atoms with Crippen LogP contribution in [0.3, 0.4) is 0 Å². The Balaban J connectivity index is 0.999. The predicted octanol–water partition coefficient (Wildman–Crippen LogP) is 13.3. The van der Waals surface area contributed by atoms with Crippen molar-refractivity contribution in [2.75, 3.05) is 0 Å². The predicted molar refractivity (Wildman–Crippen MR) is 216 cm³/mol. The zero-order valence-corrected chi connectivity index (χ0v) is 28.3. The van der Waals surface area contributed by atoms with E-state index in [1.54, 1.807) is 0 Å².